The van der Waals surface area contributed by atoms with Crippen molar-refractivity contribution in [3.05, 3.63) is 28.8 Å². The van der Waals surface area contributed by atoms with E-state index in [-0.39, 0.29) is 11.8 Å². The van der Waals surface area contributed by atoms with Gasteiger partial charge in [-0.15, -0.1) is 0 Å². The first-order valence-electron chi connectivity index (χ1n) is 7.16. The Kier molecular flexibility index (Phi) is 5.49. The number of nitrogens with zero attached hydrogens (tertiary/aromatic N) is 1. The minimum atomic E-state index is 0.254. The van der Waals surface area contributed by atoms with Crippen molar-refractivity contribution in [3.63, 3.8) is 0 Å². The third-order valence-electron chi connectivity index (χ3n) is 3.80. The molecule has 0 unspecified atom stereocenters. The summed E-state index contributed by atoms with van der Waals surface area (Å²) >= 11 is 6.05. The van der Waals surface area contributed by atoms with Gasteiger partial charge < -0.3 is 10.4 Å². The molecule has 106 valence electrons. The van der Waals surface area contributed by atoms with Gasteiger partial charge in [0.2, 0.25) is 0 Å². The van der Waals surface area contributed by atoms with Crippen LogP contribution in [0, 0.1) is 0 Å². The lowest BCUT2D eigenvalue weighted by Crippen LogP contribution is -2.45. The van der Waals surface area contributed by atoms with Gasteiger partial charge in [0.25, 0.3) is 0 Å². The molecule has 1 aliphatic heterocycles. The maximum Gasteiger partial charge on any atom is 0.138 e. The number of aromatic hydroxyl groups is 1. The zero-order valence-corrected chi connectivity index (χ0v) is 12.3. The lowest BCUT2D eigenvalue weighted by atomic mass is 9.98. The van der Waals surface area contributed by atoms with Gasteiger partial charge in [-0.25, -0.2) is 0 Å². The summed E-state index contributed by atoms with van der Waals surface area (Å²) in [5.41, 5.74) is 0.975. The second-order valence-electron chi connectivity index (χ2n) is 5.12. The Balaban J connectivity index is 2.22. The molecule has 0 bridgehead atoms. The summed E-state index contributed by atoms with van der Waals surface area (Å²) in [6, 6.07) is 5.96. The zero-order chi connectivity index (χ0) is 13.7. The summed E-state index contributed by atoms with van der Waals surface area (Å²) in [7, 11) is 0. The third kappa shape index (κ3) is 3.62. The Morgan fingerprint density at radius 2 is 2.11 bits per heavy atom. The number of piperazine rings is 1. The molecule has 2 rings (SSSR count). The molecule has 0 radical (unpaired) electrons. The molecule has 0 amide bonds. The normalized spacial score (nSPS) is 18.4. The number of halogens is 1. The first-order chi connectivity index (χ1) is 9.24. The Bertz CT molecular complexity index is 405. The second kappa shape index (κ2) is 7.13. The summed E-state index contributed by atoms with van der Waals surface area (Å²) in [5.74, 6) is 0.254. The lowest BCUT2D eigenvalue weighted by Gasteiger charge is -2.35. The minimum Gasteiger partial charge on any atom is -0.506 e. The first kappa shape index (κ1) is 14.6. The summed E-state index contributed by atoms with van der Waals surface area (Å²) in [5, 5.41) is 14.0. The molecule has 1 aromatic rings. The van der Waals surface area contributed by atoms with Crippen molar-refractivity contribution in [1.29, 1.82) is 0 Å². The van der Waals surface area contributed by atoms with Crippen molar-refractivity contribution in [2.45, 2.75) is 32.2 Å². The van der Waals surface area contributed by atoms with Crippen LogP contribution in [-0.4, -0.2) is 36.2 Å². The van der Waals surface area contributed by atoms with E-state index in [0.717, 1.165) is 38.2 Å². The molecule has 1 saturated heterocycles. The van der Waals surface area contributed by atoms with Gasteiger partial charge in [0.15, 0.2) is 0 Å². The van der Waals surface area contributed by atoms with Crippen LogP contribution in [0.1, 0.15) is 37.8 Å². The number of nitrogens with one attached hydrogen (secondary N) is 1. The van der Waals surface area contributed by atoms with Gasteiger partial charge in [-0.3, -0.25) is 4.90 Å². The molecular formula is C15H23ClN2O. The standard InChI is InChI=1S/C15H23ClN2O/c1-2-3-7-14(18-10-8-17-9-11-18)12-5-4-6-13(16)15(12)19/h4-6,14,17,19H,2-3,7-11H2,1H3/t14-/m1/s1. The molecule has 1 fully saturated rings. The third-order valence-corrected chi connectivity index (χ3v) is 4.11. The molecule has 1 atom stereocenters. The second-order valence-corrected chi connectivity index (χ2v) is 5.53. The van der Waals surface area contributed by atoms with E-state index in [1.807, 2.05) is 12.1 Å². The highest BCUT2D eigenvalue weighted by molar-refractivity contribution is 6.32. The Morgan fingerprint density at radius 3 is 2.79 bits per heavy atom. The molecule has 2 N–H and O–H groups in total. The van der Waals surface area contributed by atoms with Crippen LogP contribution in [0.4, 0.5) is 0 Å². The van der Waals surface area contributed by atoms with Crippen LogP contribution in [0.3, 0.4) is 0 Å². The van der Waals surface area contributed by atoms with Crippen LogP contribution in [-0.2, 0) is 0 Å². The number of rotatable bonds is 5. The number of hydrogen-bond donors (Lipinski definition) is 2. The van der Waals surface area contributed by atoms with Crippen molar-refractivity contribution >= 4 is 11.6 Å². The van der Waals surface area contributed by atoms with Crippen LogP contribution in [0.2, 0.25) is 5.02 Å². The van der Waals surface area contributed by atoms with Crippen LogP contribution in [0.5, 0.6) is 5.75 Å². The number of phenols is 1. The van der Waals surface area contributed by atoms with Crippen LogP contribution in [0.15, 0.2) is 18.2 Å². The Hall–Kier alpha value is -0.770. The van der Waals surface area contributed by atoms with Gasteiger partial charge >= 0.3 is 0 Å². The molecule has 0 aliphatic carbocycles. The smallest absolute Gasteiger partial charge is 0.138 e. The molecule has 1 heterocycles. The summed E-state index contributed by atoms with van der Waals surface area (Å²) in [4.78, 5) is 2.46. The molecule has 0 spiro atoms. The number of hydrogen-bond acceptors (Lipinski definition) is 3. The van der Waals surface area contributed by atoms with Gasteiger partial charge in [-0.1, -0.05) is 43.5 Å². The average Bonchev–Trinajstić information content (AvgIpc) is 2.45. The number of benzene rings is 1. The molecule has 0 aromatic heterocycles. The fourth-order valence-corrected chi connectivity index (χ4v) is 2.91. The van der Waals surface area contributed by atoms with Crippen LogP contribution in [0.25, 0.3) is 0 Å². The monoisotopic (exact) mass is 282 g/mol. The summed E-state index contributed by atoms with van der Waals surface area (Å²) in [6.07, 6.45) is 3.41. The molecule has 1 aliphatic rings. The van der Waals surface area contributed by atoms with Crippen molar-refractivity contribution in [2.75, 3.05) is 26.2 Å². The molecule has 4 heteroatoms. The van der Waals surface area contributed by atoms with E-state index in [4.69, 9.17) is 11.6 Å². The van der Waals surface area contributed by atoms with E-state index in [0.29, 0.717) is 5.02 Å². The van der Waals surface area contributed by atoms with E-state index < -0.39 is 0 Å². The van der Waals surface area contributed by atoms with Crippen molar-refractivity contribution in [3.8, 4) is 5.75 Å². The summed E-state index contributed by atoms with van der Waals surface area (Å²) in [6.45, 7) is 6.29. The maximum absolute atomic E-state index is 10.2. The molecule has 0 saturated carbocycles. The molecular weight excluding hydrogens is 260 g/mol. The predicted octanol–water partition coefficient (Wildman–Crippen LogP) is 3.18. The van der Waals surface area contributed by atoms with Gasteiger partial charge in [0.05, 0.1) is 5.02 Å². The van der Waals surface area contributed by atoms with E-state index in [1.54, 1.807) is 6.07 Å². The topological polar surface area (TPSA) is 35.5 Å². The van der Waals surface area contributed by atoms with Crippen molar-refractivity contribution in [2.24, 2.45) is 0 Å². The van der Waals surface area contributed by atoms with Crippen molar-refractivity contribution in [1.82, 2.24) is 10.2 Å². The van der Waals surface area contributed by atoms with E-state index in [9.17, 15) is 5.11 Å². The molecule has 3 nitrogen and oxygen atoms in total. The minimum absolute atomic E-state index is 0.254. The fraction of sp³-hybridized carbons (Fsp3) is 0.600. The average molecular weight is 283 g/mol. The van der Waals surface area contributed by atoms with E-state index in [1.165, 1.54) is 12.8 Å². The van der Waals surface area contributed by atoms with Gasteiger partial charge in [-0.05, 0) is 12.5 Å². The highest BCUT2D eigenvalue weighted by Crippen LogP contribution is 2.36. The fourth-order valence-electron chi connectivity index (χ4n) is 2.73. The van der Waals surface area contributed by atoms with Gasteiger partial charge in [0, 0.05) is 37.8 Å². The maximum atomic E-state index is 10.2. The van der Waals surface area contributed by atoms with Crippen LogP contribution >= 0.6 is 11.6 Å². The Labute approximate surface area is 120 Å². The van der Waals surface area contributed by atoms with E-state index in [2.05, 4.69) is 17.1 Å². The summed E-state index contributed by atoms with van der Waals surface area (Å²) < 4.78 is 0. The highest BCUT2D eigenvalue weighted by Gasteiger charge is 2.24. The highest BCUT2D eigenvalue weighted by atomic mass is 35.5. The van der Waals surface area contributed by atoms with Crippen LogP contribution < -0.4 is 5.32 Å². The molecule has 19 heavy (non-hydrogen) atoms. The zero-order valence-electron chi connectivity index (χ0n) is 11.5. The predicted molar refractivity (Wildman–Crippen MR) is 79.8 cm³/mol. The Morgan fingerprint density at radius 1 is 1.37 bits per heavy atom. The van der Waals surface area contributed by atoms with Gasteiger partial charge in [-0.2, -0.15) is 0 Å². The van der Waals surface area contributed by atoms with Gasteiger partial charge in [0.1, 0.15) is 5.75 Å². The molecule has 1 aromatic carbocycles. The quantitative estimate of drug-likeness (QED) is 0.871. The first-order valence-corrected chi connectivity index (χ1v) is 7.54. The lowest BCUT2D eigenvalue weighted by molar-refractivity contribution is 0.160. The number of para-hydroxylation sites is 1. The largest absolute Gasteiger partial charge is 0.506 e. The SMILES string of the molecule is CCCC[C@H](c1cccc(Cl)c1O)N1CCNCC1. The van der Waals surface area contributed by atoms with Crippen molar-refractivity contribution < 1.29 is 5.11 Å². The van der Waals surface area contributed by atoms with E-state index >= 15 is 0 Å². The number of phenolic OH excluding ortho intramolecular Hbond substituents is 1. The number of unbranched alkanes of at least 4 members (excludes halogenated alkanes) is 1.